The number of carbonyl (C=O) groups excluding carboxylic acids is 2. The predicted octanol–water partition coefficient (Wildman–Crippen LogP) is 4.07. The van der Waals surface area contributed by atoms with E-state index in [-0.39, 0.29) is 10.7 Å². The molecule has 0 aliphatic carbocycles. The summed E-state index contributed by atoms with van der Waals surface area (Å²) < 4.78 is 28.0. The predicted molar refractivity (Wildman–Crippen MR) is 121 cm³/mol. The Morgan fingerprint density at radius 3 is 2.26 bits per heavy atom. The summed E-state index contributed by atoms with van der Waals surface area (Å²) in [5.74, 6) is -0.917. The maximum atomic E-state index is 13.4. The van der Waals surface area contributed by atoms with Crippen LogP contribution >= 0.6 is 0 Å². The van der Waals surface area contributed by atoms with Crippen LogP contribution in [-0.2, 0) is 14.8 Å². The molecule has 0 atom stereocenters. The third kappa shape index (κ3) is 3.64. The van der Waals surface area contributed by atoms with Gasteiger partial charge in [-0.3, -0.25) is 13.9 Å². The monoisotopic (exact) mass is 432 g/mol. The van der Waals surface area contributed by atoms with E-state index in [9.17, 15) is 18.0 Å². The lowest BCUT2D eigenvalue weighted by Crippen LogP contribution is -2.37. The SMILES string of the molecule is CC(=O)c1cccc(NC(=O)C2=C(c3ccccc3)c3ccccc3N(C)S2(=O)=O)c1. The molecule has 1 amide bonds. The van der Waals surface area contributed by atoms with Gasteiger partial charge < -0.3 is 5.32 Å². The summed E-state index contributed by atoms with van der Waals surface area (Å²) in [6.07, 6.45) is 0. The van der Waals surface area contributed by atoms with E-state index < -0.39 is 15.9 Å². The summed E-state index contributed by atoms with van der Waals surface area (Å²) in [4.78, 5) is 24.7. The highest BCUT2D eigenvalue weighted by Gasteiger charge is 2.39. The first kappa shape index (κ1) is 20.6. The van der Waals surface area contributed by atoms with E-state index in [1.165, 1.54) is 20.0 Å². The van der Waals surface area contributed by atoms with E-state index in [2.05, 4.69) is 5.32 Å². The molecule has 0 aromatic heterocycles. The first-order chi connectivity index (χ1) is 14.8. The molecule has 0 saturated heterocycles. The fraction of sp³-hybridized carbons (Fsp3) is 0.0833. The highest BCUT2D eigenvalue weighted by atomic mass is 32.2. The van der Waals surface area contributed by atoms with E-state index in [0.29, 0.717) is 33.6 Å². The maximum absolute atomic E-state index is 13.4. The Labute approximate surface area is 180 Å². The lowest BCUT2D eigenvalue weighted by Gasteiger charge is -2.30. The van der Waals surface area contributed by atoms with E-state index in [1.54, 1.807) is 66.7 Å². The maximum Gasteiger partial charge on any atom is 0.270 e. The second kappa shape index (κ2) is 7.85. The first-order valence-corrected chi connectivity index (χ1v) is 11.0. The van der Waals surface area contributed by atoms with Crippen LogP contribution in [0.3, 0.4) is 0 Å². The van der Waals surface area contributed by atoms with Gasteiger partial charge in [0.2, 0.25) is 0 Å². The summed E-state index contributed by atoms with van der Waals surface area (Å²) in [5, 5.41) is 2.66. The van der Waals surface area contributed by atoms with E-state index in [1.807, 2.05) is 6.07 Å². The molecule has 1 N–H and O–H groups in total. The van der Waals surface area contributed by atoms with Gasteiger partial charge in [0, 0.05) is 29.4 Å². The third-order valence-corrected chi connectivity index (χ3v) is 6.98. The minimum Gasteiger partial charge on any atom is -0.321 e. The van der Waals surface area contributed by atoms with Crippen molar-refractivity contribution < 1.29 is 18.0 Å². The number of ketones is 1. The molecule has 7 heteroatoms. The summed E-state index contributed by atoms with van der Waals surface area (Å²) in [6.45, 7) is 1.43. The van der Waals surface area contributed by atoms with Gasteiger partial charge in [0.25, 0.3) is 15.9 Å². The minimum absolute atomic E-state index is 0.153. The van der Waals surface area contributed by atoms with Crippen LogP contribution in [0.2, 0.25) is 0 Å². The van der Waals surface area contributed by atoms with Crippen LogP contribution < -0.4 is 9.62 Å². The van der Waals surface area contributed by atoms with Crippen molar-refractivity contribution in [2.24, 2.45) is 0 Å². The van der Waals surface area contributed by atoms with Crippen molar-refractivity contribution >= 4 is 38.7 Å². The molecule has 0 saturated carbocycles. The highest BCUT2D eigenvalue weighted by Crippen LogP contribution is 2.42. The van der Waals surface area contributed by atoms with Crippen LogP contribution in [0.5, 0.6) is 0 Å². The van der Waals surface area contributed by atoms with Crippen LogP contribution in [0.25, 0.3) is 5.57 Å². The summed E-state index contributed by atoms with van der Waals surface area (Å²) in [7, 11) is -2.69. The molecular formula is C24H20N2O4S. The van der Waals surface area contributed by atoms with Gasteiger partial charge in [-0.2, -0.15) is 0 Å². The van der Waals surface area contributed by atoms with Crippen LogP contribution in [0.15, 0.2) is 83.8 Å². The van der Waals surface area contributed by atoms with Gasteiger partial charge in [-0.15, -0.1) is 0 Å². The van der Waals surface area contributed by atoms with Crippen LogP contribution in [-0.4, -0.2) is 27.2 Å². The quantitative estimate of drug-likeness (QED) is 0.630. The minimum atomic E-state index is -4.12. The number of sulfonamides is 1. The lowest BCUT2D eigenvalue weighted by molar-refractivity contribution is -0.112. The molecule has 6 nitrogen and oxygen atoms in total. The van der Waals surface area contributed by atoms with Crippen molar-refractivity contribution in [1.29, 1.82) is 0 Å². The highest BCUT2D eigenvalue weighted by molar-refractivity contribution is 7.97. The number of anilines is 2. The number of rotatable bonds is 4. The van der Waals surface area contributed by atoms with E-state index in [4.69, 9.17) is 0 Å². The molecule has 4 rings (SSSR count). The van der Waals surface area contributed by atoms with Crippen molar-refractivity contribution in [2.45, 2.75) is 6.92 Å². The Morgan fingerprint density at radius 1 is 0.871 bits per heavy atom. The van der Waals surface area contributed by atoms with Gasteiger partial charge >= 0.3 is 0 Å². The third-order valence-electron chi connectivity index (χ3n) is 5.15. The number of hydrogen-bond acceptors (Lipinski definition) is 4. The largest absolute Gasteiger partial charge is 0.321 e. The average molecular weight is 433 g/mol. The Hall–Kier alpha value is -3.71. The molecule has 31 heavy (non-hydrogen) atoms. The molecule has 3 aromatic rings. The number of benzene rings is 3. The fourth-order valence-corrected chi connectivity index (χ4v) is 5.07. The molecule has 156 valence electrons. The van der Waals surface area contributed by atoms with Gasteiger partial charge in [-0.05, 0) is 30.7 Å². The molecule has 0 unspecified atom stereocenters. The zero-order chi connectivity index (χ0) is 22.2. The standard InChI is InChI=1S/C24H20N2O4S/c1-16(27)18-11-8-12-19(15-18)25-24(28)23-22(17-9-4-3-5-10-17)20-13-6-7-14-21(20)26(2)31(23,29)30/h3-15H,1-2H3,(H,25,28). The van der Waals surface area contributed by atoms with Crippen molar-refractivity contribution in [3.8, 4) is 0 Å². The summed E-state index contributed by atoms with van der Waals surface area (Å²) in [6, 6.07) is 22.4. The molecule has 0 radical (unpaired) electrons. The Kier molecular flexibility index (Phi) is 5.20. The van der Waals surface area contributed by atoms with Crippen LogP contribution in [0.1, 0.15) is 28.4 Å². The van der Waals surface area contributed by atoms with Gasteiger partial charge in [-0.25, -0.2) is 8.42 Å². The molecule has 0 fully saturated rings. The number of fused-ring (bicyclic) bond motifs is 1. The smallest absolute Gasteiger partial charge is 0.270 e. The number of carbonyl (C=O) groups is 2. The zero-order valence-corrected chi connectivity index (χ0v) is 17.8. The topological polar surface area (TPSA) is 83.6 Å². The van der Waals surface area contributed by atoms with Crippen LogP contribution in [0.4, 0.5) is 11.4 Å². The van der Waals surface area contributed by atoms with E-state index >= 15 is 0 Å². The normalized spacial score (nSPS) is 14.7. The first-order valence-electron chi connectivity index (χ1n) is 9.61. The van der Waals surface area contributed by atoms with E-state index in [0.717, 1.165) is 4.31 Å². The molecular weight excluding hydrogens is 412 g/mol. The number of nitrogens with zero attached hydrogens (tertiary/aromatic N) is 1. The average Bonchev–Trinajstić information content (AvgIpc) is 2.76. The second-order valence-electron chi connectivity index (χ2n) is 7.15. The molecule has 1 heterocycles. The van der Waals surface area contributed by atoms with Gasteiger partial charge in [-0.1, -0.05) is 60.7 Å². The molecule has 0 spiro atoms. The van der Waals surface area contributed by atoms with Crippen molar-refractivity contribution in [2.75, 3.05) is 16.7 Å². The van der Waals surface area contributed by atoms with Crippen molar-refractivity contribution in [3.63, 3.8) is 0 Å². The molecule has 1 aliphatic heterocycles. The van der Waals surface area contributed by atoms with Gasteiger partial charge in [0.15, 0.2) is 10.7 Å². The lowest BCUT2D eigenvalue weighted by atomic mass is 9.95. The van der Waals surface area contributed by atoms with Gasteiger partial charge in [0.1, 0.15) is 0 Å². The summed E-state index contributed by atoms with van der Waals surface area (Å²) >= 11 is 0. The van der Waals surface area contributed by atoms with Crippen molar-refractivity contribution in [3.05, 3.63) is 100 Å². The number of hydrogen-bond donors (Lipinski definition) is 1. The molecule has 1 aliphatic rings. The Bertz CT molecular complexity index is 1330. The Balaban J connectivity index is 1.93. The Morgan fingerprint density at radius 2 is 1.55 bits per heavy atom. The second-order valence-corrected chi connectivity index (χ2v) is 9.06. The zero-order valence-electron chi connectivity index (χ0n) is 17.0. The van der Waals surface area contributed by atoms with Crippen LogP contribution in [0, 0.1) is 0 Å². The summed E-state index contributed by atoms with van der Waals surface area (Å²) in [5.41, 5.74) is 2.87. The van der Waals surface area contributed by atoms with Gasteiger partial charge in [0.05, 0.1) is 5.69 Å². The fourth-order valence-electron chi connectivity index (χ4n) is 3.60. The number of Topliss-reactive ketones (excluding diaryl/α,β-unsaturated/α-hetero) is 1. The number of amides is 1. The molecule has 3 aromatic carbocycles. The molecule has 0 bridgehead atoms. The number of nitrogens with one attached hydrogen (secondary N) is 1. The van der Waals surface area contributed by atoms with Crippen molar-refractivity contribution in [1.82, 2.24) is 0 Å². The number of para-hydroxylation sites is 1.